The molecule has 0 saturated carbocycles. The number of hydrogen-bond acceptors (Lipinski definition) is 4. The van der Waals surface area contributed by atoms with Crippen molar-refractivity contribution in [3.8, 4) is 0 Å². The SMILES string of the molecule is CC1(C)COCCN1C(=O)c1cncc(C=CC(=O)O)c1. The van der Waals surface area contributed by atoms with Crippen LogP contribution in [0.5, 0.6) is 0 Å². The van der Waals surface area contributed by atoms with Gasteiger partial charge in [-0.25, -0.2) is 4.79 Å². The molecule has 0 bridgehead atoms. The van der Waals surface area contributed by atoms with Crippen LogP contribution in [0.25, 0.3) is 6.08 Å². The van der Waals surface area contributed by atoms with Crippen LogP contribution in [-0.4, -0.2) is 52.2 Å². The number of hydrogen-bond donors (Lipinski definition) is 1. The van der Waals surface area contributed by atoms with Crippen molar-refractivity contribution in [3.63, 3.8) is 0 Å². The average molecular weight is 290 g/mol. The Morgan fingerprint density at radius 2 is 2.19 bits per heavy atom. The number of carboxylic acids is 1. The fourth-order valence-electron chi connectivity index (χ4n) is 2.22. The van der Waals surface area contributed by atoms with E-state index in [1.807, 2.05) is 13.8 Å². The van der Waals surface area contributed by atoms with Gasteiger partial charge in [0.05, 0.1) is 24.3 Å². The zero-order valence-electron chi connectivity index (χ0n) is 12.1. The van der Waals surface area contributed by atoms with E-state index in [9.17, 15) is 9.59 Å². The van der Waals surface area contributed by atoms with Gasteiger partial charge in [0.1, 0.15) is 0 Å². The molecule has 1 saturated heterocycles. The van der Waals surface area contributed by atoms with Gasteiger partial charge in [0.15, 0.2) is 0 Å². The predicted octanol–water partition coefficient (Wildman–Crippen LogP) is 1.43. The highest BCUT2D eigenvalue weighted by molar-refractivity contribution is 5.95. The molecule has 21 heavy (non-hydrogen) atoms. The molecule has 0 aromatic carbocycles. The van der Waals surface area contributed by atoms with E-state index in [2.05, 4.69) is 4.98 Å². The minimum Gasteiger partial charge on any atom is -0.478 e. The maximum absolute atomic E-state index is 12.6. The van der Waals surface area contributed by atoms with Crippen molar-refractivity contribution in [2.75, 3.05) is 19.8 Å². The number of aromatic nitrogens is 1. The lowest BCUT2D eigenvalue weighted by Gasteiger charge is -2.42. The number of carbonyl (C=O) groups excluding carboxylic acids is 1. The normalized spacial score (nSPS) is 17.9. The Bertz CT molecular complexity index is 581. The van der Waals surface area contributed by atoms with Crippen LogP contribution >= 0.6 is 0 Å². The number of nitrogens with zero attached hydrogens (tertiary/aromatic N) is 2. The number of carboxylic acid groups (broad SMARTS) is 1. The first-order valence-corrected chi connectivity index (χ1v) is 6.66. The van der Waals surface area contributed by atoms with Gasteiger partial charge in [0.2, 0.25) is 0 Å². The summed E-state index contributed by atoms with van der Waals surface area (Å²) in [6.45, 7) is 5.43. The Morgan fingerprint density at radius 3 is 2.86 bits per heavy atom. The largest absolute Gasteiger partial charge is 0.478 e. The molecule has 0 radical (unpaired) electrons. The fraction of sp³-hybridized carbons (Fsp3) is 0.400. The van der Waals surface area contributed by atoms with E-state index in [1.165, 1.54) is 18.5 Å². The van der Waals surface area contributed by atoms with Gasteiger partial charge >= 0.3 is 5.97 Å². The molecule has 2 rings (SSSR count). The second kappa shape index (κ2) is 6.05. The van der Waals surface area contributed by atoms with Crippen LogP contribution in [0.1, 0.15) is 29.8 Å². The van der Waals surface area contributed by atoms with Crippen molar-refractivity contribution in [1.29, 1.82) is 0 Å². The molecule has 1 aliphatic heterocycles. The summed E-state index contributed by atoms with van der Waals surface area (Å²) in [7, 11) is 0. The highest BCUT2D eigenvalue weighted by Crippen LogP contribution is 2.21. The van der Waals surface area contributed by atoms with Crippen molar-refractivity contribution in [3.05, 3.63) is 35.7 Å². The lowest BCUT2D eigenvalue weighted by Crippen LogP contribution is -2.55. The number of carbonyl (C=O) groups is 2. The van der Waals surface area contributed by atoms with E-state index in [0.29, 0.717) is 30.9 Å². The van der Waals surface area contributed by atoms with Gasteiger partial charge < -0.3 is 14.7 Å². The predicted molar refractivity (Wildman–Crippen MR) is 76.8 cm³/mol. The molecule has 6 heteroatoms. The van der Waals surface area contributed by atoms with Crippen molar-refractivity contribution in [1.82, 2.24) is 9.88 Å². The third kappa shape index (κ3) is 3.66. The Balaban J connectivity index is 2.23. The summed E-state index contributed by atoms with van der Waals surface area (Å²) in [5, 5.41) is 8.63. The van der Waals surface area contributed by atoms with Crippen molar-refractivity contribution >= 4 is 18.0 Å². The minimum absolute atomic E-state index is 0.124. The smallest absolute Gasteiger partial charge is 0.328 e. The van der Waals surface area contributed by atoms with Crippen molar-refractivity contribution < 1.29 is 19.4 Å². The van der Waals surface area contributed by atoms with Gasteiger partial charge in [-0.1, -0.05) is 0 Å². The van der Waals surface area contributed by atoms with Crippen molar-refractivity contribution in [2.24, 2.45) is 0 Å². The van der Waals surface area contributed by atoms with E-state index < -0.39 is 5.97 Å². The molecule has 1 aromatic heterocycles. The molecule has 0 aliphatic carbocycles. The van der Waals surface area contributed by atoms with Crippen LogP contribution in [0.4, 0.5) is 0 Å². The number of ether oxygens (including phenoxy) is 1. The van der Waals surface area contributed by atoms with Gasteiger partial charge in [0.25, 0.3) is 5.91 Å². The third-order valence-electron chi connectivity index (χ3n) is 3.32. The Labute approximate surface area is 123 Å². The zero-order valence-corrected chi connectivity index (χ0v) is 12.1. The second-order valence-electron chi connectivity index (χ2n) is 5.50. The van der Waals surface area contributed by atoms with Crippen LogP contribution in [0.15, 0.2) is 24.5 Å². The summed E-state index contributed by atoms with van der Waals surface area (Å²) in [6.07, 6.45) is 5.44. The maximum Gasteiger partial charge on any atom is 0.328 e. The van der Waals surface area contributed by atoms with Gasteiger partial charge in [-0.15, -0.1) is 0 Å². The summed E-state index contributed by atoms with van der Waals surface area (Å²) in [5.41, 5.74) is 0.647. The van der Waals surface area contributed by atoms with Crippen LogP contribution in [0, 0.1) is 0 Å². The standard InChI is InChI=1S/C15H18N2O4/c1-15(2)10-21-6-5-17(15)14(20)12-7-11(8-16-9-12)3-4-13(18)19/h3-4,7-9H,5-6,10H2,1-2H3,(H,18,19). The third-order valence-corrected chi connectivity index (χ3v) is 3.32. The first kappa shape index (κ1) is 15.2. The topological polar surface area (TPSA) is 79.7 Å². The summed E-state index contributed by atoms with van der Waals surface area (Å²) >= 11 is 0. The molecule has 1 aromatic rings. The van der Waals surface area contributed by atoms with Gasteiger partial charge in [-0.3, -0.25) is 9.78 Å². The molecule has 1 amide bonds. The lowest BCUT2D eigenvalue weighted by atomic mass is 10.0. The quantitative estimate of drug-likeness (QED) is 0.852. The second-order valence-corrected chi connectivity index (χ2v) is 5.50. The number of rotatable bonds is 3. The number of pyridine rings is 1. The highest BCUT2D eigenvalue weighted by atomic mass is 16.5. The summed E-state index contributed by atoms with van der Waals surface area (Å²) < 4.78 is 5.40. The molecule has 1 fully saturated rings. The summed E-state index contributed by atoms with van der Waals surface area (Å²) in [6, 6.07) is 1.64. The van der Waals surface area contributed by atoms with Gasteiger partial charge in [0, 0.05) is 25.0 Å². The highest BCUT2D eigenvalue weighted by Gasteiger charge is 2.34. The maximum atomic E-state index is 12.6. The van der Waals surface area contributed by atoms with E-state index >= 15 is 0 Å². The minimum atomic E-state index is -1.04. The fourth-order valence-corrected chi connectivity index (χ4v) is 2.22. The molecule has 112 valence electrons. The Hall–Kier alpha value is -2.21. The first-order chi connectivity index (χ1) is 9.90. The van der Waals surface area contributed by atoms with Gasteiger partial charge in [-0.05, 0) is 31.6 Å². The first-order valence-electron chi connectivity index (χ1n) is 6.66. The Morgan fingerprint density at radius 1 is 1.43 bits per heavy atom. The summed E-state index contributed by atoms with van der Waals surface area (Å²) in [5.74, 6) is -1.16. The van der Waals surface area contributed by atoms with E-state index in [-0.39, 0.29) is 11.4 Å². The molecule has 0 unspecified atom stereocenters. The number of aliphatic carboxylic acids is 1. The van der Waals surface area contributed by atoms with Gasteiger partial charge in [-0.2, -0.15) is 0 Å². The monoisotopic (exact) mass is 290 g/mol. The molecule has 0 atom stereocenters. The molecule has 1 aliphatic rings. The van der Waals surface area contributed by atoms with E-state index in [4.69, 9.17) is 9.84 Å². The van der Waals surface area contributed by atoms with Crippen molar-refractivity contribution in [2.45, 2.75) is 19.4 Å². The number of morpholine rings is 1. The van der Waals surface area contributed by atoms with Crippen LogP contribution < -0.4 is 0 Å². The number of amides is 1. The van der Waals surface area contributed by atoms with Crippen LogP contribution in [-0.2, 0) is 9.53 Å². The average Bonchev–Trinajstić information content (AvgIpc) is 2.44. The van der Waals surface area contributed by atoms with Crippen LogP contribution in [0.3, 0.4) is 0 Å². The zero-order chi connectivity index (χ0) is 15.5. The molecule has 0 spiro atoms. The van der Waals surface area contributed by atoms with E-state index in [1.54, 1.807) is 11.0 Å². The summed E-state index contributed by atoms with van der Waals surface area (Å²) in [4.78, 5) is 28.9. The molecule has 2 heterocycles. The molecular weight excluding hydrogens is 272 g/mol. The molecular formula is C15H18N2O4. The lowest BCUT2D eigenvalue weighted by molar-refractivity contribution is -0.131. The Kier molecular flexibility index (Phi) is 4.37. The van der Waals surface area contributed by atoms with E-state index in [0.717, 1.165) is 6.08 Å². The molecule has 6 nitrogen and oxygen atoms in total. The molecule has 1 N–H and O–H groups in total. The van der Waals surface area contributed by atoms with Crippen LogP contribution in [0.2, 0.25) is 0 Å².